The predicted octanol–water partition coefficient (Wildman–Crippen LogP) is 2.22. The van der Waals surface area contributed by atoms with Crippen LogP contribution in [0.4, 0.5) is 28.0 Å². The van der Waals surface area contributed by atoms with Crippen LogP contribution < -0.4 is 10.1 Å². The number of amides is 2. The van der Waals surface area contributed by atoms with Crippen LogP contribution in [0, 0.1) is 5.82 Å². The summed E-state index contributed by atoms with van der Waals surface area (Å²) < 4.78 is 54.6. The van der Waals surface area contributed by atoms with Gasteiger partial charge >= 0.3 is 12.2 Å². The highest BCUT2D eigenvalue weighted by atomic mass is 19.4. The van der Waals surface area contributed by atoms with E-state index < -0.39 is 30.7 Å². The molecule has 1 unspecified atom stereocenters. The van der Waals surface area contributed by atoms with Gasteiger partial charge in [0.15, 0.2) is 17.7 Å². The van der Waals surface area contributed by atoms with Crippen LogP contribution in [0.2, 0.25) is 0 Å². The minimum absolute atomic E-state index is 0.0335. The Labute approximate surface area is 118 Å². The maximum absolute atomic E-state index is 13.4. The molecule has 1 aromatic rings. The average Bonchev–Trinajstić information content (AvgIpc) is 2.37. The molecule has 0 saturated carbocycles. The molecule has 0 fully saturated rings. The number of ether oxygens (including phenoxy) is 1. The molecule has 0 bridgehead atoms. The smallest absolute Gasteiger partial charge is 0.416 e. The lowest BCUT2D eigenvalue weighted by molar-refractivity contribution is -0.205. The normalized spacial score (nSPS) is 12.7. The highest BCUT2D eigenvalue weighted by Gasteiger charge is 2.39. The van der Waals surface area contributed by atoms with Gasteiger partial charge < -0.3 is 20.1 Å². The zero-order valence-electron chi connectivity index (χ0n) is 11.2. The van der Waals surface area contributed by atoms with E-state index in [9.17, 15) is 22.4 Å². The van der Waals surface area contributed by atoms with Crippen molar-refractivity contribution in [1.29, 1.82) is 0 Å². The third kappa shape index (κ3) is 4.78. The molecule has 2 amide bonds. The van der Waals surface area contributed by atoms with E-state index in [1.807, 2.05) is 0 Å². The maximum atomic E-state index is 13.4. The van der Waals surface area contributed by atoms with Crippen LogP contribution in [0.5, 0.6) is 5.75 Å². The van der Waals surface area contributed by atoms with Gasteiger partial charge in [0.2, 0.25) is 0 Å². The van der Waals surface area contributed by atoms with Crippen LogP contribution in [0.15, 0.2) is 18.2 Å². The van der Waals surface area contributed by atoms with Gasteiger partial charge in [-0.2, -0.15) is 13.2 Å². The Morgan fingerprint density at radius 3 is 2.57 bits per heavy atom. The van der Waals surface area contributed by atoms with Gasteiger partial charge in [0, 0.05) is 18.8 Å². The Kier molecular flexibility index (Phi) is 5.36. The number of anilines is 1. The molecule has 0 aliphatic carbocycles. The number of alkyl halides is 3. The first kappa shape index (κ1) is 17.0. The van der Waals surface area contributed by atoms with Gasteiger partial charge in [0.1, 0.15) is 0 Å². The summed E-state index contributed by atoms with van der Waals surface area (Å²) in [5, 5.41) is 11.1. The molecule has 0 aromatic heterocycles. The summed E-state index contributed by atoms with van der Waals surface area (Å²) in [6.45, 7) is -0.937. The SMILES string of the molecule is COc1ccc(NC(=O)N(C)CC(O)C(F)(F)F)cc1F. The molecule has 9 heteroatoms. The van der Waals surface area contributed by atoms with E-state index in [4.69, 9.17) is 5.11 Å². The first-order chi connectivity index (χ1) is 9.65. The van der Waals surface area contributed by atoms with Gasteiger partial charge in [-0.3, -0.25) is 0 Å². The number of hydrogen-bond donors (Lipinski definition) is 2. The first-order valence-electron chi connectivity index (χ1n) is 5.75. The molecule has 1 aromatic carbocycles. The molecule has 1 atom stereocenters. The molecular weight excluding hydrogens is 296 g/mol. The van der Waals surface area contributed by atoms with E-state index >= 15 is 0 Å². The first-order valence-corrected chi connectivity index (χ1v) is 5.75. The quantitative estimate of drug-likeness (QED) is 0.838. The number of nitrogens with zero attached hydrogens (tertiary/aromatic N) is 1. The molecule has 1 rings (SSSR count). The number of aliphatic hydroxyl groups is 1. The molecule has 0 saturated heterocycles. The second kappa shape index (κ2) is 6.61. The number of urea groups is 1. The molecule has 5 nitrogen and oxygen atoms in total. The summed E-state index contributed by atoms with van der Waals surface area (Å²) in [7, 11) is 2.34. The van der Waals surface area contributed by atoms with Gasteiger partial charge in [-0.05, 0) is 12.1 Å². The number of benzene rings is 1. The fourth-order valence-corrected chi connectivity index (χ4v) is 1.41. The summed E-state index contributed by atoms with van der Waals surface area (Å²) >= 11 is 0. The lowest BCUT2D eigenvalue weighted by Crippen LogP contribution is -2.43. The van der Waals surface area contributed by atoms with E-state index in [2.05, 4.69) is 10.1 Å². The molecule has 0 aliphatic heterocycles. The summed E-state index contributed by atoms with van der Waals surface area (Å²) in [5.41, 5.74) is 0.0478. The van der Waals surface area contributed by atoms with Gasteiger partial charge in [-0.1, -0.05) is 0 Å². The summed E-state index contributed by atoms with van der Waals surface area (Å²) in [6, 6.07) is 2.64. The largest absolute Gasteiger partial charge is 0.494 e. The Morgan fingerprint density at radius 2 is 2.10 bits per heavy atom. The lowest BCUT2D eigenvalue weighted by atomic mass is 10.3. The van der Waals surface area contributed by atoms with E-state index in [1.165, 1.54) is 19.2 Å². The summed E-state index contributed by atoms with van der Waals surface area (Å²) in [6.07, 6.45) is -7.47. The average molecular weight is 310 g/mol. The Bertz CT molecular complexity index is 508. The van der Waals surface area contributed by atoms with Crippen LogP contribution in [0.3, 0.4) is 0 Å². The molecular formula is C12H14F4N2O3. The maximum Gasteiger partial charge on any atom is 0.416 e. The fourth-order valence-electron chi connectivity index (χ4n) is 1.41. The van der Waals surface area contributed by atoms with Crippen molar-refractivity contribution in [2.24, 2.45) is 0 Å². The minimum Gasteiger partial charge on any atom is -0.494 e. The third-order valence-electron chi connectivity index (χ3n) is 2.57. The van der Waals surface area contributed by atoms with Crippen molar-refractivity contribution in [3.05, 3.63) is 24.0 Å². The number of carbonyl (C=O) groups is 1. The van der Waals surface area contributed by atoms with Gasteiger partial charge in [-0.25, -0.2) is 9.18 Å². The highest BCUT2D eigenvalue weighted by molar-refractivity contribution is 5.89. The molecule has 0 heterocycles. The Hall–Kier alpha value is -2.03. The number of hydrogen-bond acceptors (Lipinski definition) is 3. The Morgan fingerprint density at radius 1 is 1.48 bits per heavy atom. The number of nitrogens with one attached hydrogen (secondary N) is 1. The number of halogens is 4. The molecule has 21 heavy (non-hydrogen) atoms. The molecule has 0 spiro atoms. The van der Waals surface area contributed by atoms with Crippen molar-refractivity contribution in [1.82, 2.24) is 4.90 Å². The molecule has 0 radical (unpaired) electrons. The highest BCUT2D eigenvalue weighted by Crippen LogP contribution is 2.22. The standard InChI is InChI=1S/C12H14F4N2O3/c1-18(6-10(19)12(14,15)16)11(20)17-7-3-4-9(21-2)8(13)5-7/h3-5,10,19H,6H2,1-2H3,(H,17,20). The van der Waals surface area contributed by atoms with E-state index in [0.29, 0.717) is 4.90 Å². The van der Waals surface area contributed by atoms with Crippen LogP contribution >= 0.6 is 0 Å². The van der Waals surface area contributed by atoms with Crippen LogP contribution in [0.25, 0.3) is 0 Å². The molecule has 0 aliphatic rings. The van der Waals surface area contributed by atoms with Gasteiger partial charge in [-0.15, -0.1) is 0 Å². The van der Waals surface area contributed by atoms with Crippen molar-refractivity contribution >= 4 is 11.7 Å². The molecule has 118 valence electrons. The monoisotopic (exact) mass is 310 g/mol. The van der Waals surface area contributed by atoms with Crippen molar-refractivity contribution in [2.75, 3.05) is 26.0 Å². The second-order valence-electron chi connectivity index (χ2n) is 4.22. The van der Waals surface area contributed by atoms with Crippen molar-refractivity contribution in [3.8, 4) is 5.75 Å². The predicted molar refractivity (Wildman–Crippen MR) is 66.7 cm³/mol. The molecule has 2 N–H and O–H groups in total. The van der Waals surface area contributed by atoms with Crippen molar-refractivity contribution < 1.29 is 32.2 Å². The van der Waals surface area contributed by atoms with E-state index in [-0.39, 0.29) is 11.4 Å². The lowest BCUT2D eigenvalue weighted by Gasteiger charge is -2.22. The van der Waals surface area contributed by atoms with Crippen LogP contribution in [-0.4, -0.2) is 49.0 Å². The number of likely N-dealkylation sites (N-methyl/N-ethyl adjacent to an activating group) is 1. The number of aliphatic hydroxyl groups excluding tert-OH is 1. The van der Waals surface area contributed by atoms with Crippen molar-refractivity contribution in [2.45, 2.75) is 12.3 Å². The number of rotatable bonds is 4. The third-order valence-corrected chi connectivity index (χ3v) is 2.57. The van der Waals surface area contributed by atoms with E-state index in [0.717, 1.165) is 13.1 Å². The van der Waals surface area contributed by atoms with Gasteiger partial charge in [0.05, 0.1) is 13.7 Å². The van der Waals surface area contributed by atoms with E-state index in [1.54, 1.807) is 0 Å². The van der Waals surface area contributed by atoms with Crippen molar-refractivity contribution in [3.63, 3.8) is 0 Å². The number of methoxy groups -OCH3 is 1. The van der Waals surface area contributed by atoms with Crippen LogP contribution in [-0.2, 0) is 0 Å². The summed E-state index contributed by atoms with van der Waals surface area (Å²) in [5.74, 6) is -0.762. The minimum atomic E-state index is -4.82. The second-order valence-corrected chi connectivity index (χ2v) is 4.22. The fraction of sp³-hybridized carbons (Fsp3) is 0.417. The topological polar surface area (TPSA) is 61.8 Å². The van der Waals surface area contributed by atoms with Crippen LogP contribution in [0.1, 0.15) is 0 Å². The Balaban J connectivity index is 2.66. The summed E-state index contributed by atoms with van der Waals surface area (Å²) in [4.78, 5) is 12.3. The van der Waals surface area contributed by atoms with Gasteiger partial charge in [0.25, 0.3) is 0 Å². The zero-order chi connectivity index (χ0) is 16.2. The zero-order valence-corrected chi connectivity index (χ0v) is 11.2. The number of carbonyl (C=O) groups excluding carboxylic acids is 1.